The molecule has 4 rings (SSSR count). The Balaban J connectivity index is 1.40. The van der Waals surface area contributed by atoms with E-state index in [4.69, 9.17) is 16.3 Å². The summed E-state index contributed by atoms with van der Waals surface area (Å²) in [5, 5.41) is 0.732. The largest absolute Gasteiger partial charge is 0.494 e. The molecular formula is C23H26ClN3O3. The van der Waals surface area contributed by atoms with Crippen molar-refractivity contribution in [3.8, 4) is 5.75 Å². The SMILES string of the molecule is CCCOc1ccc(N2C(=O)CC(N3CCN(c4ccccc4Cl)CC3)C2=O)cc1. The molecule has 0 aliphatic carbocycles. The van der Waals surface area contributed by atoms with Crippen LogP contribution in [-0.2, 0) is 9.59 Å². The van der Waals surface area contributed by atoms with Gasteiger partial charge in [-0.3, -0.25) is 14.5 Å². The van der Waals surface area contributed by atoms with Crippen molar-refractivity contribution in [3.63, 3.8) is 0 Å². The first kappa shape index (κ1) is 20.7. The Kier molecular flexibility index (Phi) is 6.25. The van der Waals surface area contributed by atoms with Crippen molar-refractivity contribution in [1.29, 1.82) is 0 Å². The summed E-state index contributed by atoms with van der Waals surface area (Å²) in [6.07, 6.45) is 1.15. The number of imide groups is 1. The van der Waals surface area contributed by atoms with Gasteiger partial charge in [0, 0.05) is 26.2 Å². The van der Waals surface area contributed by atoms with Crippen molar-refractivity contribution in [2.75, 3.05) is 42.6 Å². The number of nitrogens with zero attached hydrogens (tertiary/aromatic N) is 3. The van der Waals surface area contributed by atoms with E-state index in [9.17, 15) is 9.59 Å². The maximum Gasteiger partial charge on any atom is 0.251 e. The molecule has 2 amide bonds. The van der Waals surface area contributed by atoms with Crippen LogP contribution in [0.4, 0.5) is 11.4 Å². The number of para-hydroxylation sites is 1. The lowest BCUT2D eigenvalue weighted by Crippen LogP contribution is -2.52. The van der Waals surface area contributed by atoms with Crippen LogP contribution in [0.15, 0.2) is 48.5 Å². The van der Waals surface area contributed by atoms with Gasteiger partial charge in [0.2, 0.25) is 5.91 Å². The molecule has 2 fully saturated rings. The molecule has 2 aromatic rings. The quantitative estimate of drug-likeness (QED) is 0.659. The average Bonchev–Trinajstić information content (AvgIpc) is 3.07. The predicted molar refractivity (Wildman–Crippen MR) is 118 cm³/mol. The zero-order chi connectivity index (χ0) is 21.1. The van der Waals surface area contributed by atoms with E-state index in [1.54, 1.807) is 24.3 Å². The standard InChI is InChI=1S/C23H26ClN3O3/c1-2-15-30-18-9-7-17(8-10-18)27-22(28)16-21(23(27)29)26-13-11-25(12-14-26)20-6-4-3-5-19(20)24/h3-10,21H,2,11-16H2,1H3. The third-order valence-electron chi connectivity index (χ3n) is 5.64. The first-order valence-electron chi connectivity index (χ1n) is 10.4. The Hall–Kier alpha value is -2.57. The molecule has 0 saturated carbocycles. The molecule has 2 aliphatic heterocycles. The molecule has 6 nitrogen and oxygen atoms in total. The van der Waals surface area contributed by atoms with Crippen molar-refractivity contribution in [3.05, 3.63) is 53.6 Å². The maximum absolute atomic E-state index is 13.1. The molecule has 0 spiro atoms. The number of ether oxygens (including phenoxy) is 1. The summed E-state index contributed by atoms with van der Waals surface area (Å²) in [5.41, 5.74) is 1.62. The minimum absolute atomic E-state index is 0.145. The maximum atomic E-state index is 13.1. The van der Waals surface area contributed by atoms with E-state index in [0.29, 0.717) is 25.4 Å². The number of hydrogen-bond acceptors (Lipinski definition) is 5. The van der Waals surface area contributed by atoms with Crippen LogP contribution in [0.1, 0.15) is 19.8 Å². The van der Waals surface area contributed by atoms with Crippen LogP contribution in [-0.4, -0.2) is 55.5 Å². The Labute approximate surface area is 182 Å². The van der Waals surface area contributed by atoms with Crippen molar-refractivity contribution in [1.82, 2.24) is 4.90 Å². The molecule has 0 aromatic heterocycles. The number of piperazine rings is 1. The van der Waals surface area contributed by atoms with E-state index in [1.807, 2.05) is 31.2 Å². The Morgan fingerprint density at radius 3 is 2.37 bits per heavy atom. The molecule has 2 aliphatic rings. The summed E-state index contributed by atoms with van der Waals surface area (Å²) in [4.78, 5) is 31.4. The lowest BCUT2D eigenvalue weighted by molar-refractivity contribution is -0.123. The van der Waals surface area contributed by atoms with Crippen molar-refractivity contribution in [2.24, 2.45) is 0 Å². The number of carbonyl (C=O) groups excluding carboxylic acids is 2. The van der Waals surface area contributed by atoms with Crippen molar-refractivity contribution in [2.45, 2.75) is 25.8 Å². The number of hydrogen-bond donors (Lipinski definition) is 0. The van der Waals surface area contributed by atoms with Gasteiger partial charge in [0.15, 0.2) is 0 Å². The molecule has 158 valence electrons. The van der Waals surface area contributed by atoms with E-state index < -0.39 is 6.04 Å². The number of benzene rings is 2. The van der Waals surface area contributed by atoms with E-state index >= 15 is 0 Å². The summed E-state index contributed by atoms with van der Waals surface area (Å²) in [6, 6.07) is 14.6. The van der Waals surface area contributed by atoms with Crippen LogP contribution in [0.3, 0.4) is 0 Å². The number of anilines is 2. The van der Waals surface area contributed by atoms with Crippen LogP contribution in [0.5, 0.6) is 5.75 Å². The van der Waals surface area contributed by atoms with Gasteiger partial charge in [-0.05, 0) is 42.8 Å². The Bertz CT molecular complexity index is 910. The average molecular weight is 428 g/mol. The summed E-state index contributed by atoms with van der Waals surface area (Å²) >= 11 is 6.32. The highest BCUT2D eigenvalue weighted by Gasteiger charge is 2.43. The lowest BCUT2D eigenvalue weighted by Gasteiger charge is -2.38. The number of amides is 2. The fourth-order valence-corrected chi connectivity index (χ4v) is 4.32. The zero-order valence-corrected chi connectivity index (χ0v) is 17.8. The number of carbonyl (C=O) groups is 2. The normalized spacial score (nSPS) is 20.1. The molecule has 1 atom stereocenters. The van der Waals surface area contributed by atoms with Crippen molar-refractivity contribution < 1.29 is 14.3 Å². The lowest BCUT2D eigenvalue weighted by atomic mass is 10.1. The second-order valence-electron chi connectivity index (χ2n) is 7.60. The van der Waals surface area contributed by atoms with Crippen LogP contribution in [0.2, 0.25) is 5.02 Å². The summed E-state index contributed by atoms with van der Waals surface area (Å²) in [7, 11) is 0. The van der Waals surface area contributed by atoms with Gasteiger partial charge in [0.1, 0.15) is 5.75 Å². The van der Waals surface area contributed by atoms with Gasteiger partial charge < -0.3 is 9.64 Å². The summed E-state index contributed by atoms with van der Waals surface area (Å²) in [5.74, 6) is 0.445. The van der Waals surface area contributed by atoms with Crippen LogP contribution < -0.4 is 14.5 Å². The minimum Gasteiger partial charge on any atom is -0.494 e. The van der Waals surface area contributed by atoms with Gasteiger partial charge in [-0.2, -0.15) is 0 Å². The highest BCUT2D eigenvalue weighted by molar-refractivity contribution is 6.33. The molecule has 2 heterocycles. The Morgan fingerprint density at radius 2 is 1.70 bits per heavy atom. The Morgan fingerprint density at radius 1 is 1.00 bits per heavy atom. The van der Waals surface area contributed by atoms with Gasteiger partial charge in [-0.15, -0.1) is 0 Å². The second kappa shape index (κ2) is 9.06. The second-order valence-corrected chi connectivity index (χ2v) is 8.01. The molecule has 0 radical (unpaired) electrons. The first-order valence-corrected chi connectivity index (χ1v) is 10.8. The topological polar surface area (TPSA) is 53.1 Å². The van der Waals surface area contributed by atoms with Crippen molar-refractivity contribution >= 4 is 34.8 Å². The first-order chi connectivity index (χ1) is 14.6. The molecule has 0 N–H and O–H groups in total. The summed E-state index contributed by atoms with van der Waals surface area (Å²) in [6.45, 7) is 5.66. The van der Waals surface area contributed by atoms with Gasteiger partial charge in [0.05, 0.1) is 35.5 Å². The van der Waals surface area contributed by atoms with E-state index in [-0.39, 0.29) is 18.2 Å². The minimum atomic E-state index is -0.401. The van der Waals surface area contributed by atoms with Gasteiger partial charge in [-0.1, -0.05) is 30.7 Å². The molecule has 1 unspecified atom stereocenters. The third-order valence-corrected chi connectivity index (χ3v) is 5.96. The highest BCUT2D eigenvalue weighted by Crippen LogP contribution is 2.30. The molecule has 30 heavy (non-hydrogen) atoms. The number of halogens is 1. The predicted octanol–water partition coefficient (Wildman–Crippen LogP) is 3.58. The fourth-order valence-electron chi connectivity index (χ4n) is 4.07. The number of rotatable bonds is 6. The smallest absolute Gasteiger partial charge is 0.251 e. The molecule has 2 aromatic carbocycles. The van der Waals surface area contributed by atoms with Crippen LogP contribution in [0.25, 0.3) is 0 Å². The van der Waals surface area contributed by atoms with Crippen LogP contribution >= 0.6 is 11.6 Å². The third kappa shape index (κ3) is 4.16. The fraction of sp³-hybridized carbons (Fsp3) is 0.391. The monoisotopic (exact) mass is 427 g/mol. The van der Waals surface area contributed by atoms with E-state index in [1.165, 1.54) is 4.90 Å². The summed E-state index contributed by atoms with van der Waals surface area (Å²) < 4.78 is 5.59. The highest BCUT2D eigenvalue weighted by atomic mass is 35.5. The van der Waals surface area contributed by atoms with Gasteiger partial charge >= 0.3 is 0 Å². The van der Waals surface area contributed by atoms with Gasteiger partial charge in [-0.25, -0.2) is 4.90 Å². The molecular weight excluding hydrogens is 402 g/mol. The molecule has 2 saturated heterocycles. The zero-order valence-electron chi connectivity index (χ0n) is 17.1. The molecule has 0 bridgehead atoms. The van der Waals surface area contributed by atoms with Crippen LogP contribution in [0, 0.1) is 0 Å². The van der Waals surface area contributed by atoms with E-state index in [2.05, 4.69) is 9.80 Å². The molecule has 7 heteroatoms. The van der Waals surface area contributed by atoms with E-state index in [0.717, 1.165) is 36.0 Å². The van der Waals surface area contributed by atoms with Gasteiger partial charge in [0.25, 0.3) is 5.91 Å².